The minimum atomic E-state index is -0.545. The number of benzene rings is 3. The summed E-state index contributed by atoms with van der Waals surface area (Å²) in [6.45, 7) is 2.03. The van der Waals surface area contributed by atoms with E-state index in [-0.39, 0.29) is 23.6 Å². The summed E-state index contributed by atoms with van der Waals surface area (Å²) in [5, 5.41) is 18.6. The highest BCUT2D eigenvalue weighted by Gasteiger charge is 2.12. The molecule has 0 aliphatic rings. The number of hydrogen-bond acceptors (Lipinski definition) is 5. The number of carbonyl (C=O) groups excluding carboxylic acids is 2. The molecule has 30 heavy (non-hydrogen) atoms. The molecule has 0 unspecified atom stereocenters. The fourth-order valence-corrected chi connectivity index (χ4v) is 2.89. The average molecular weight is 405 g/mol. The Balaban J connectivity index is 1.54. The van der Waals surface area contributed by atoms with Crippen molar-refractivity contribution in [2.24, 2.45) is 5.10 Å². The number of nitrogens with one attached hydrogen (secondary N) is 2. The highest BCUT2D eigenvalue weighted by Crippen LogP contribution is 2.24. The van der Waals surface area contributed by atoms with Gasteiger partial charge in [-0.1, -0.05) is 36.4 Å². The molecule has 7 nitrogen and oxygen atoms in total. The van der Waals surface area contributed by atoms with E-state index in [1.807, 2.05) is 48.5 Å². The second-order valence-corrected chi connectivity index (χ2v) is 6.81. The van der Waals surface area contributed by atoms with Gasteiger partial charge in [0, 0.05) is 12.3 Å². The Labute approximate surface area is 174 Å². The summed E-state index contributed by atoms with van der Waals surface area (Å²) in [7, 11) is 1.60. The van der Waals surface area contributed by atoms with Crippen molar-refractivity contribution in [1.82, 2.24) is 10.7 Å². The number of phenols is 1. The highest BCUT2D eigenvalue weighted by molar-refractivity contribution is 6.03. The zero-order valence-corrected chi connectivity index (χ0v) is 16.8. The van der Waals surface area contributed by atoms with Crippen molar-refractivity contribution in [3.63, 3.8) is 0 Å². The molecule has 0 saturated heterocycles. The van der Waals surface area contributed by atoms with E-state index in [0.717, 1.165) is 22.1 Å². The average Bonchev–Trinajstić information content (AvgIpc) is 2.76. The molecule has 0 radical (unpaired) electrons. The lowest BCUT2D eigenvalue weighted by Crippen LogP contribution is -2.26. The summed E-state index contributed by atoms with van der Waals surface area (Å²) in [4.78, 5) is 24.5. The van der Waals surface area contributed by atoms with Crippen LogP contribution in [0.3, 0.4) is 0 Å². The molecule has 3 aromatic carbocycles. The van der Waals surface area contributed by atoms with Crippen LogP contribution in [0.5, 0.6) is 11.5 Å². The Kier molecular flexibility index (Phi) is 6.64. The van der Waals surface area contributed by atoms with E-state index in [4.69, 9.17) is 4.74 Å². The maximum atomic E-state index is 12.4. The fourth-order valence-electron chi connectivity index (χ4n) is 2.89. The van der Waals surface area contributed by atoms with Crippen LogP contribution in [0.15, 0.2) is 65.8 Å². The standard InChI is InChI=1S/C23H23N3O4/c1-15(11-22(28)24-14-16-7-9-19(30-2)10-8-16)25-26-23(29)20-12-17-5-3-4-6-18(17)13-21(20)27/h3-10,12-13,27H,11,14H2,1-2H3,(H,24,28)(H,26,29)/b25-15+. The van der Waals surface area contributed by atoms with Gasteiger partial charge in [0.2, 0.25) is 5.91 Å². The second-order valence-electron chi connectivity index (χ2n) is 6.81. The Bertz CT molecular complexity index is 1090. The van der Waals surface area contributed by atoms with Crippen molar-refractivity contribution in [3.8, 4) is 11.5 Å². The predicted molar refractivity (Wildman–Crippen MR) is 116 cm³/mol. The number of fused-ring (bicyclic) bond motifs is 1. The smallest absolute Gasteiger partial charge is 0.275 e. The van der Waals surface area contributed by atoms with Gasteiger partial charge in [0.25, 0.3) is 5.91 Å². The van der Waals surface area contributed by atoms with E-state index in [9.17, 15) is 14.7 Å². The third-order valence-corrected chi connectivity index (χ3v) is 4.52. The first-order valence-corrected chi connectivity index (χ1v) is 9.41. The van der Waals surface area contributed by atoms with Crippen LogP contribution >= 0.6 is 0 Å². The van der Waals surface area contributed by atoms with Crippen molar-refractivity contribution in [2.75, 3.05) is 7.11 Å². The lowest BCUT2D eigenvalue weighted by atomic mass is 10.1. The van der Waals surface area contributed by atoms with Gasteiger partial charge in [0.05, 0.1) is 19.1 Å². The van der Waals surface area contributed by atoms with Crippen LogP contribution in [0.25, 0.3) is 10.8 Å². The molecule has 0 bridgehead atoms. The molecular weight excluding hydrogens is 382 g/mol. The number of amides is 2. The molecule has 0 fully saturated rings. The van der Waals surface area contributed by atoms with Gasteiger partial charge in [0.15, 0.2) is 0 Å². The number of ether oxygens (including phenoxy) is 1. The Hall–Kier alpha value is -3.87. The molecule has 7 heteroatoms. The van der Waals surface area contributed by atoms with Crippen LogP contribution in [-0.2, 0) is 11.3 Å². The van der Waals surface area contributed by atoms with Crippen molar-refractivity contribution in [1.29, 1.82) is 0 Å². The number of phenolic OH excluding ortho intramolecular Hbond substituents is 1. The summed E-state index contributed by atoms with van der Waals surface area (Å²) in [6, 6.07) is 17.9. The number of hydrazone groups is 1. The SMILES string of the molecule is COc1ccc(CNC(=O)C/C(C)=N/NC(=O)c2cc3ccccc3cc2O)cc1. The van der Waals surface area contributed by atoms with E-state index < -0.39 is 5.91 Å². The fraction of sp³-hybridized carbons (Fsp3) is 0.174. The quantitative estimate of drug-likeness (QED) is 0.414. The number of aromatic hydroxyl groups is 1. The van der Waals surface area contributed by atoms with E-state index in [2.05, 4.69) is 15.8 Å². The Morgan fingerprint density at radius 3 is 2.37 bits per heavy atom. The van der Waals surface area contributed by atoms with E-state index in [1.165, 1.54) is 6.07 Å². The van der Waals surface area contributed by atoms with Gasteiger partial charge < -0.3 is 15.2 Å². The highest BCUT2D eigenvalue weighted by atomic mass is 16.5. The molecule has 3 aromatic rings. The summed E-state index contributed by atoms with van der Waals surface area (Å²) in [5.41, 5.74) is 3.89. The predicted octanol–water partition coefficient (Wildman–Crippen LogP) is 3.37. The molecule has 154 valence electrons. The molecule has 3 N–H and O–H groups in total. The largest absolute Gasteiger partial charge is 0.507 e. The van der Waals surface area contributed by atoms with E-state index in [0.29, 0.717) is 12.3 Å². The van der Waals surface area contributed by atoms with Gasteiger partial charge >= 0.3 is 0 Å². The summed E-state index contributed by atoms with van der Waals surface area (Å²) in [6.07, 6.45) is 0.0418. The molecule has 3 rings (SSSR count). The van der Waals surface area contributed by atoms with Crippen molar-refractivity contribution < 1.29 is 19.4 Å². The maximum absolute atomic E-state index is 12.4. The van der Waals surface area contributed by atoms with Crippen molar-refractivity contribution >= 4 is 28.3 Å². The lowest BCUT2D eigenvalue weighted by molar-refractivity contribution is -0.120. The second kappa shape index (κ2) is 9.56. The van der Waals surface area contributed by atoms with Gasteiger partial charge in [-0.2, -0.15) is 5.10 Å². The van der Waals surface area contributed by atoms with Crippen molar-refractivity contribution in [3.05, 3.63) is 71.8 Å². The number of hydrogen-bond donors (Lipinski definition) is 3. The molecular formula is C23H23N3O4. The first-order chi connectivity index (χ1) is 14.5. The minimum Gasteiger partial charge on any atom is -0.507 e. The zero-order chi connectivity index (χ0) is 21.5. The number of rotatable bonds is 7. The normalized spacial score (nSPS) is 11.2. The van der Waals surface area contributed by atoms with Gasteiger partial charge in [0.1, 0.15) is 11.5 Å². The van der Waals surface area contributed by atoms with Gasteiger partial charge in [-0.25, -0.2) is 5.43 Å². The Morgan fingerprint density at radius 1 is 1.03 bits per heavy atom. The minimum absolute atomic E-state index is 0.0418. The van der Waals surface area contributed by atoms with Crippen LogP contribution < -0.4 is 15.5 Å². The van der Waals surface area contributed by atoms with Crippen molar-refractivity contribution in [2.45, 2.75) is 19.9 Å². The first kappa shape index (κ1) is 20.9. The van der Waals surface area contributed by atoms with Crippen LogP contribution in [-0.4, -0.2) is 29.7 Å². The first-order valence-electron chi connectivity index (χ1n) is 9.41. The summed E-state index contributed by atoms with van der Waals surface area (Å²) in [5.74, 6) is -0.136. The molecule has 0 aliphatic heterocycles. The van der Waals surface area contributed by atoms with Gasteiger partial charge in [-0.05, 0) is 47.5 Å². The molecule has 0 spiro atoms. The number of methoxy groups -OCH3 is 1. The van der Waals surface area contributed by atoms with Gasteiger partial charge in [-0.15, -0.1) is 0 Å². The third kappa shape index (κ3) is 5.35. The van der Waals surface area contributed by atoms with Crippen LogP contribution in [0.1, 0.15) is 29.3 Å². The maximum Gasteiger partial charge on any atom is 0.275 e. The number of nitrogens with zero attached hydrogens (tertiary/aromatic N) is 1. The Morgan fingerprint density at radius 2 is 1.70 bits per heavy atom. The third-order valence-electron chi connectivity index (χ3n) is 4.52. The molecule has 0 heterocycles. The summed E-state index contributed by atoms with van der Waals surface area (Å²) < 4.78 is 5.10. The molecule has 0 aromatic heterocycles. The lowest BCUT2D eigenvalue weighted by Gasteiger charge is -2.08. The van der Waals surface area contributed by atoms with Crippen LogP contribution in [0.2, 0.25) is 0 Å². The zero-order valence-electron chi connectivity index (χ0n) is 16.8. The van der Waals surface area contributed by atoms with E-state index in [1.54, 1.807) is 20.1 Å². The monoisotopic (exact) mass is 405 g/mol. The van der Waals surface area contributed by atoms with Crippen LogP contribution in [0, 0.1) is 0 Å². The molecule has 0 atom stereocenters. The molecule has 0 saturated carbocycles. The molecule has 0 aliphatic carbocycles. The number of carbonyl (C=O) groups is 2. The van der Waals surface area contributed by atoms with Crippen LogP contribution in [0.4, 0.5) is 0 Å². The van der Waals surface area contributed by atoms with Gasteiger partial charge in [-0.3, -0.25) is 9.59 Å². The van der Waals surface area contributed by atoms with E-state index >= 15 is 0 Å². The summed E-state index contributed by atoms with van der Waals surface area (Å²) >= 11 is 0. The topological polar surface area (TPSA) is 100 Å². The molecule has 2 amide bonds.